The Kier molecular flexibility index (Phi) is 1.59. The number of imide groups is 2. The van der Waals surface area contributed by atoms with E-state index in [1.165, 1.54) is 6.08 Å². The van der Waals surface area contributed by atoms with Gasteiger partial charge < -0.3 is 0 Å². The number of fused-ring (bicyclic) bond motifs is 1. The molecule has 86 valence electrons. The number of amides is 4. The van der Waals surface area contributed by atoms with Gasteiger partial charge in [-0.3, -0.25) is 29.8 Å². The van der Waals surface area contributed by atoms with E-state index in [1.54, 1.807) is 6.92 Å². The van der Waals surface area contributed by atoms with Gasteiger partial charge in [0.05, 0.1) is 5.41 Å². The number of nitrogens with one attached hydrogen (secondary N) is 2. The van der Waals surface area contributed by atoms with E-state index in [2.05, 4.69) is 10.6 Å². The van der Waals surface area contributed by atoms with E-state index in [1.807, 2.05) is 0 Å². The van der Waals surface area contributed by atoms with Crippen molar-refractivity contribution in [1.82, 2.24) is 10.6 Å². The quantitative estimate of drug-likeness (QED) is 0.520. The Morgan fingerprint density at radius 2 is 1.76 bits per heavy atom. The normalized spacial score (nSPS) is 31.0. The van der Waals surface area contributed by atoms with Crippen LogP contribution in [0.2, 0.25) is 0 Å². The van der Waals surface area contributed by atoms with Crippen LogP contribution in [0.3, 0.4) is 0 Å². The summed E-state index contributed by atoms with van der Waals surface area (Å²) in [5, 5.41) is 4.36. The molecule has 0 saturated carbocycles. The third kappa shape index (κ3) is 1.04. The van der Waals surface area contributed by atoms with Gasteiger partial charge in [0.25, 0.3) is 17.7 Å². The van der Waals surface area contributed by atoms with Crippen LogP contribution in [0, 0.1) is 5.41 Å². The minimum atomic E-state index is -1.03. The Hall–Kier alpha value is -2.24. The molecule has 0 bridgehead atoms. The van der Waals surface area contributed by atoms with E-state index < -0.39 is 29.0 Å². The largest absolute Gasteiger partial charge is 0.292 e. The third-order valence-electron chi connectivity index (χ3n) is 3.46. The monoisotopic (exact) mass is 232 g/mol. The highest BCUT2D eigenvalue weighted by Crippen LogP contribution is 2.44. The van der Waals surface area contributed by atoms with Crippen molar-refractivity contribution in [2.24, 2.45) is 5.41 Å². The fourth-order valence-corrected chi connectivity index (χ4v) is 2.41. The zero-order valence-electron chi connectivity index (χ0n) is 8.92. The Bertz CT molecular complexity index is 584. The number of rotatable bonds is 0. The SMILES string of the molecule is CC12CC3=C(C=C1C(=O)NC2=O)C(=O)NC3=O. The van der Waals surface area contributed by atoms with Gasteiger partial charge in [-0.15, -0.1) is 0 Å². The molecule has 1 saturated heterocycles. The van der Waals surface area contributed by atoms with E-state index in [-0.39, 0.29) is 23.1 Å². The van der Waals surface area contributed by atoms with E-state index >= 15 is 0 Å². The molecule has 17 heavy (non-hydrogen) atoms. The number of carbonyl (C=O) groups is 4. The molecular formula is C11H8N2O4. The molecule has 4 amide bonds. The van der Waals surface area contributed by atoms with Crippen molar-refractivity contribution in [2.45, 2.75) is 13.3 Å². The van der Waals surface area contributed by atoms with E-state index in [9.17, 15) is 19.2 Å². The molecule has 1 aliphatic carbocycles. The highest BCUT2D eigenvalue weighted by Gasteiger charge is 2.52. The van der Waals surface area contributed by atoms with Gasteiger partial charge in [0.15, 0.2) is 0 Å². The molecule has 2 N–H and O–H groups in total. The maximum Gasteiger partial charge on any atom is 0.258 e. The van der Waals surface area contributed by atoms with Crippen LogP contribution in [0.5, 0.6) is 0 Å². The highest BCUT2D eigenvalue weighted by atomic mass is 16.2. The Morgan fingerprint density at radius 1 is 1.06 bits per heavy atom. The van der Waals surface area contributed by atoms with Crippen LogP contribution in [0.1, 0.15) is 13.3 Å². The van der Waals surface area contributed by atoms with Gasteiger partial charge >= 0.3 is 0 Å². The molecule has 0 radical (unpaired) electrons. The first kappa shape index (κ1) is 9.95. The van der Waals surface area contributed by atoms with Crippen molar-refractivity contribution in [3.8, 4) is 0 Å². The first-order chi connectivity index (χ1) is 7.93. The lowest BCUT2D eigenvalue weighted by atomic mass is 9.73. The molecule has 3 aliphatic rings. The van der Waals surface area contributed by atoms with Gasteiger partial charge in [-0.2, -0.15) is 0 Å². The molecule has 3 rings (SSSR count). The lowest BCUT2D eigenvalue weighted by Gasteiger charge is -2.24. The maximum absolute atomic E-state index is 11.7. The minimum absolute atomic E-state index is 0.0866. The molecule has 1 unspecified atom stereocenters. The standard InChI is InChI=1S/C11H8N2O4/c1-11-3-5-4(7(14)12-8(5)15)2-6(11)9(16)13-10(11)17/h2H,3H2,1H3,(H,12,14,15)(H,13,16,17). The molecule has 6 nitrogen and oxygen atoms in total. The molecule has 0 spiro atoms. The second-order valence-corrected chi connectivity index (χ2v) is 4.53. The number of carbonyl (C=O) groups excluding carboxylic acids is 4. The average molecular weight is 232 g/mol. The summed E-state index contributed by atoms with van der Waals surface area (Å²) < 4.78 is 0. The van der Waals surface area contributed by atoms with Crippen LogP contribution in [0.25, 0.3) is 0 Å². The van der Waals surface area contributed by atoms with Crippen molar-refractivity contribution in [3.05, 3.63) is 22.8 Å². The fourth-order valence-electron chi connectivity index (χ4n) is 2.41. The molecule has 2 heterocycles. The molecule has 0 aromatic rings. The van der Waals surface area contributed by atoms with Crippen molar-refractivity contribution in [1.29, 1.82) is 0 Å². The first-order valence-electron chi connectivity index (χ1n) is 5.10. The topological polar surface area (TPSA) is 92.3 Å². The summed E-state index contributed by atoms with van der Waals surface area (Å²) in [6, 6.07) is 0. The second-order valence-electron chi connectivity index (χ2n) is 4.53. The van der Waals surface area contributed by atoms with Crippen molar-refractivity contribution in [3.63, 3.8) is 0 Å². The van der Waals surface area contributed by atoms with Crippen LogP contribution in [-0.2, 0) is 19.2 Å². The Labute approximate surface area is 95.7 Å². The van der Waals surface area contributed by atoms with Gasteiger partial charge in [0.1, 0.15) is 0 Å². The van der Waals surface area contributed by atoms with Crippen LogP contribution in [-0.4, -0.2) is 23.6 Å². The summed E-state index contributed by atoms with van der Waals surface area (Å²) in [4.78, 5) is 46.2. The van der Waals surface area contributed by atoms with Gasteiger partial charge in [-0.05, 0) is 19.4 Å². The molecular weight excluding hydrogens is 224 g/mol. The van der Waals surface area contributed by atoms with Crippen molar-refractivity contribution < 1.29 is 19.2 Å². The lowest BCUT2D eigenvalue weighted by Crippen LogP contribution is -2.32. The molecule has 1 atom stereocenters. The van der Waals surface area contributed by atoms with E-state index in [0.717, 1.165) is 0 Å². The zero-order chi connectivity index (χ0) is 12.4. The summed E-state index contributed by atoms with van der Waals surface area (Å²) >= 11 is 0. The van der Waals surface area contributed by atoms with Crippen LogP contribution in [0.4, 0.5) is 0 Å². The van der Waals surface area contributed by atoms with Crippen molar-refractivity contribution in [2.75, 3.05) is 0 Å². The summed E-state index contributed by atoms with van der Waals surface area (Å²) in [5.74, 6) is -1.90. The fraction of sp³-hybridized carbons (Fsp3) is 0.273. The van der Waals surface area contributed by atoms with Gasteiger partial charge in [0, 0.05) is 16.7 Å². The average Bonchev–Trinajstić information content (AvgIpc) is 2.63. The summed E-state index contributed by atoms with van der Waals surface area (Å²) in [5.41, 5.74) is -0.290. The van der Waals surface area contributed by atoms with E-state index in [0.29, 0.717) is 0 Å². The maximum atomic E-state index is 11.7. The number of hydrogen-bond donors (Lipinski definition) is 2. The Morgan fingerprint density at radius 3 is 2.47 bits per heavy atom. The van der Waals surface area contributed by atoms with Gasteiger partial charge in [0.2, 0.25) is 5.91 Å². The predicted octanol–water partition coefficient (Wildman–Crippen LogP) is -1.07. The molecule has 0 aromatic heterocycles. The molecule has 1 fully saturated rings. The summed E-state index contributed by atoms with van der Waals surface area (Å²) in [6.45, 7) is 1.60. The van der Waals surface area contributed by atoms with E-state index in [4.69, 9.17) is 0 Å². The minimum Gasteiger partial charge on any atom is -0.292 e. The van der Waals surface area contributed by atoms with Crippen molar-refractivity contribution >= 4 is 23.6 Å². The summed E-state index contributed by atoms with van der Waals surface area (Å²) in [7, 11) is 0. The third-order valence-corrected chi connectivity index (χ3v) is 3.46. The van der Waals surface area contributed by atoms with Gasteiger partial charge in [-0.1, -0.05) is 0 Å². The smallest absolute Gasteiger partial charge is 0.258 e. The molecule has 6 heteroatoms. The van der Waals surface area contributed by atoms with Gasteiger partial charge in [-0.25, -0.2) is 0 Å². The molecule has 0 aromatic carbocycles. The van der Waals surface area contributed by atoms with Crippen LogP contribution < -0.4 is 10.6 Å². The first-order valence-corrected chi connectivity index (χ1v) is 5.10. The Balaban J connectivity index is 2.20. The zero-order valence-corrected chi connectivity index (χ0v) is 8.92. The van der Waals surface area contributed by atoms with Crippen LogP contribution >= 0.6 is 0 Å². The number of hydrogen-bond acceptors (Lipinski definition) is 4. The molecule has 2 aliphatic heterocycles. The highest BCUT2D eigenvalue weighted by molar-refractivity contribution is 6.25. The predicted molar refractivity (Wildman–Crippen MR) is 54.1 cm³/mol. The lowest BCUT2D eigenvalue weighted by molar-refractivity contribution is -0.128. The second kappa shape index (κ2) is 2.71. The summed E-state index contributed by atoms with van der Waals surface area (Å²) in [6.07, 6.45) is 1.43. The van der Waals surface area contributed by atoms with Crippen LogP contribution in [0.15, 0.2) is 22.8 Å².